The Morgan fingerprint density at radius 1 is 1.08 bits per heavy atom. The van der Waals surface area contributed by atoms with Crippen molar-refractivity contribution in [3.8, 4) is 6.07 Å². The van der Waals surface area contributed by atoms with E-state index in [1.54, 1.807) is 4.90 Å². The molecule has 0 saturated carbocycles. The van der Waals surface area contributed by atoms with Gasteiger partial charge in [-0.1, -0.05) is 60.7 Å². The molecule has 0 bridgehead atoms. The molecule has 0 fully saturated rings. The molecule has 0 saturated heterocycles. The molecule has 2 aromatic carbocycles. The molecule has 134 valence electrons. The van der Waals surface area contributed by atoms with Crippen molar-refractivity contribution in [3.63, 3.8) is 0 Å². The molecule has 0 radical (unpaired) electrons. The Kier molecular flexibility index (Phi) is 7.91. The van der Waals surface area contributed by atoms with E-state index in [0.29, 0.717) is 26.1 Å². The Bertz CT molecular complexity index is 752. The fourth-order valence-electron chi connectivity index (χ4n) is 2.52. The number of aliphatic hydroxyl groups excluding tert-OH is 1. The Morgan fingerprint density at radius 2 is 1.69 bits per heavy atom. The molecule has 0 unspecified atom stereocenters. The summed E-state index contributed by atoms with van der Waals surface area (Å²) >= 11 is 0. The van der Waals surface area contributed by atoms with Crippen LogP contribution in [0.3, 0.4) is 0 Å². The minimum Gasteiger partial charge on any atom is -0.395 e. The van der Waals surface area contributed by atoms with Crippen LogP contribution in [0.2, 0.25) is 0 Å². The number of amides is 1. The van der Waals surface area contributed by atoms with E-state index in [-0.39, 0.29) is 12.2 Å². The van der Waals surface area contributed by atoms with E-state index < -0.39 is 5.91 Å². The van der Waals surface area contributed by atoms with Crippen molar-refractivity contribution in [3.05, 3.63) is 83.6 Å². The van der Waals surface area contributed by atoms with Gasteiger partial charge in [-0.3, -0.25) is 4.79 Å². The summed E-state index contributed by atoms with van der Waals surface area (Å²) in [6, 6.07) is 21.5. The van der Waals surface area contributed by atoms with E-state index in [9.17, 15) is 15.2 Å². The molecule has 0 aromatic heterocycles. The number of benzene rings is 2. The lowest BCUT2D eigenvalue weighted by Crippen LogP contribution is -2.29. The van der Waals surface area contributed by atoms with E-state index in [1.807, 2.05) is 66.7 Å². The van der Waals surface area contributed by atoms with Crippen molar-refractivity contribution in [2.75, 3.05) is 19.7 Å². The van der Waals surface area contributed by atoms with Crippen molar-refractivity contribution in [2.24, 2.45) is 0 Å². The molecule has 26 heavy (non-hydrogen) atoms. The predicted molar refractivity (Wildman–Crippen MR) is 101 cm³/mol. The molecule has 2 N–H and O–H groups in total. The number of nitrogens with one attached hydrogen (secondary N) is 1. The number of hydrogen-bond donors (Lipinski definition) is 2. The third kappa shape index (κ3) is 6.42. The van der Waals surface area contributed by atoms with Gasteiger partial charge in [0, 0.05) is 25.8 Å². The third-order valence-electron chi connectivity index (χ3n) is 3.83. The zero-order valence-electron chi connectivity index (χ0n) is 14.6. The largest absolute Gasteiger partial charge is 0.395 e. The second-order valence-corrected chi connectivity index (χ2v) is 5.83. The van der Waals surface area contributed by atoms with Gasteiger partial charge in [0.2, 0.25) is 0 Å². The van der Waals surface area contributed by atoms with Crippen LogP contribution < -0.4 is 5.32 Å². The average molecular weight is 349 g/mol. The minimum absolute atomic E-state index is 0.0300. The summed E-state index contributed by atoms with van der Waals surface area (Å²) in [5.41, 5.74) is 2.20. The second kappa shape index (κ2) is 10.7. The highest BCUT2D eigenvalue weighted by atomic mass is 16.3. The van der Waals surface area contributed by atoms with E-state index in [4.69, 9.17) is 0 Å². The normalized spacial score (nSPS) is 10.8. The number of rotatable bonds is 9. The number of nitriles is 1. The number of hydrogen-bond acceptors (Lipinski definition) is 4. The van der Waals surface area contributed by atoms with Crippen LogP contribution in [0, 0.1) is 11.3 Å². The maximum Gasteiger partial charge on any atom is 0.263 e. The topological polar surface area (TPSA) is 76.4 Å². The van der Waals surface area contributed by atoms with Crippen LogP contribution >= 0.6 is 0 Å². The molecule has 0 aliphatic heterocycles. The quantitative estimate of drug-likeness (QED) is 0.538. The highest BCUT2D eigenvalue weighted by molar-refractivity contribution is 5.97. The lowest BCUT2D eigenvalue weighted by atomic mass is 10.1. The fraction of sp³-hybridized carbons (Fsp3) is 0.238. The van der Waals surface area contributed by atoms with Crippen LogP contribution in [-0.4, -0.2) is 35.6 Å². The Labute approximate surface area is 154 Å². The molecule has 0 aliphatic rings. The van der Waals surface area contributed by atoms with Crippen molar-refractivity contribution >= 4 is 5.91 Å². The molecule has 0 spiro atoms. The summed E-state index contributed by atoms with van der Waals surface area (Å²) in [4.78, 5) is 14.0. The van der Waals surface area contributed by atoms with Crippen LogP contribution in [0.5, 0.6) is 0 Å². The molecule has 2 rings (SSSR count). The van der Waals surface area contributed by atoms with E-state index >= 15 is 0 Å². The van der Waals surface area contributed by atoms with Gasteiger partial charge < -0.3 is 15.3 Å². The third-order valence-corrected chi connectivity index (χ3v) is 3.83. The van der Waals surface area contributed by atoms with Gasteiger partial charge in [0.15, 0.2) is 0 Å². The SMILES string of the molecule is N#C/C(=C/N(CCO)Cc1ccccc1)C(=O)NCCc1ccccc1. The van der Waals surface area contributed by atoms with E-state index in [1.165, 1.54) is 6.20 Å². The Balaban J connectivity index is 1.96. The van der Waals surface area contributed by atoms with Crippen molar-refractivity contribution in [2.45, 2.75) is 13.0 Å². The smallest absolute Gasteiger partial charge is 0.263 e. The molecular weight excluding hydrogens is 326 g/mol. The molecule has 5 nitrogen and oxygen atoms in total. The first-order valence-electron chi connectivity index (χ1n) is 8.56. The van der Waals surface area contributed by atoms with Gasteiger partial charge in [0.1, 0.15) is 11.6 Å². The van der Waals surface area contributed by atoms with Gasteiger partial charge in [-0.2, -0.15) is 5.26 Å². The molecule has 0 heterocycles. The zero-order valence-corrected chi connectivity index (χ0v) is 14.6. The second-order valence-electron chi connectivity index (χ2n) is 5.83. The Morgan fingerprint density at radius 3 is 2.27 bits per heavy atom. The first-order valence-corrected chi connectivity index (χ1v) is 8.56. The molecule has 0 atom stereocenters. The summed E-state index contributed by atoms with van der Waals surface area (Å²) in [7, 11) is 0. The van der Waals surface area contributed by atoms with Gasteiger partial charge in [-0.05, 0) is 17.5 Å². The van der Waals surface area contributed by atoms with Gasteiger partial charge in [0.05, 0.1) is 6.61 Å². The number of carbonyl (C=O) groups is 1. The molecule has 5 heteroatoms. The summed E-state index contributed by atoms with van der Waals surface area (Å²) in [5.74, 6) is -0.403. The zero-order chi connectivity index (χ0) is 18.6. The number of nitrogens with zero attached hydrogens (tertiary/aromatic N) is 2. The van der Waals surface area contributed by atoms with Crippen LogP contribution in [-0.2, 0) is 17.8 Å². The molecule has 1 amide bonds. The van der Waals surface area contributed by atoms with Crippen molar-refractivity contribution in [1.82, 2.24) is 10.2 Å². The fourth-order valence-corrected chi connectivity index (χ4v) is 2.52. The first kappa shape index (κ1) is 19.2. The minimum atomic E-state index is -0.403. The summed E-state index contributed by atoms with van der Waals surface area (Å²) in [5, 5.41) is 21.4. The van der Waals surface area contributed by atoms with Gasteiger partial charge >= 0.3 is 0 Å². The summed E-state index contributed by atoms with van der Waals surface area (Å²) < 4.78 is 0. The molecule has 0 aliphatic carbocycles. The average Bonchev–Trinajstić information content (AvgIpc) is 2.67. The van der Waals surface area contributed by atoms with E-state index in [2.05, 4.69) is 5.32 Å². The standard InChI is InChI=1S/C21H23N3O2/c22-15-20(21(26)23-12-11-18-7-3-1-4-8-18)17-24(13-14-25)16-19-9-5-2-6-10-19/h1-10,17,25H,11-14,16H2,(H,23,26)/b20-17-. The van der Waals surface area contributed by atoms with Crippen LogP contribution in [0.1, 0.15) is 11.1 Å². The van der Waals surface area contributed by atoms with E-state index in [0.717, 1.165) is 11.1 Å². The van der Waals surface area contributed by atoms with Crippen molar-refractivity contribution < 1.29 is 9.90 Å². The van der Waals surface area contributed by atoms with Gasteiger partial charge in [-0.25, -0.2) is 0 Å². The summed E-state index contributed by atoms with van der Waals surface area (Å²) in [6.07, 6.45) is 2.22. The van der Waals surface area contributed by atoms with Crippen LogP contribution in [0.4, 0.5) is 0 Å². The maximum atomic E-state index is 12.3. The molecule has 2 aromatic rings. The summed E-state index contributed by atoms with van der Waals surface area (Å²) in [6.45, 7) is 1.26. The highest BCUT2D eigenvalue weighted by Gasteiger charge is 2.11. The van der Waals surface area contributed by atoms with Crippen LogP contribution in [0.15, 0.2) is 72.4 Å². The molecular formula is C21H23N3O2. The lowest BCUT2D eigenvalue weighted by molar-refractivity contribution is -0.117. The number of carbonyl (C=O) groups excluding carboxylic acids is 1. The highest BCUT2D eigenvalue weighted by Crippen LogP contribution is 2.07. The first-order chi connectivity index (χ1) is 12.7. The lowest BCUT2D eigenvalue weighted by Gasteiger charge is -2.20. The Hall–Kier alpha value is -3.10. The number of aliphatic hydroxyl groups is 1. The monoisotopic (exact) mass is 349 g/mol. The van der Waals surface area contributed by atoms with Crippen LogP contribution in [0.25, 0.3) is 0 Å². The predicted octanol–water partition coefficient (Wildman–Crippen LogP) is 2.25. The maximum absolute atomic E-state index is 12.3. The van der Waals surface area contributed by atoms with Gasteiger partial charge in [-0.15, -0.1) is 0 Å². The van der Waals surface area contributed by atoms with Crippen molar-refractivity contribution in [1.29, 1.82) is 5.26 Å². The van der Waals surface area contributed by atoms with Gasteiger partial charge in [0.25, 0.3) is 5.91 Å².